The van der Waals surface area contributed by atoms with Gasteiger partial charge >= 0.3 is 0 Å². The van der Waals surface area contributed by atoms with Crippen molar-refractivity contribution in [3.05, 3.63) is 36.9 Å². The van der Waals surface area contributed by atoms with E-state index in [1.807, 2.05) is 24.3 Å². The van der Waals surface area contributed by atoms with Crippen LogP contribution in [0, 0.1) is 5.92 Å². The van der Waals surface area contributed by atoms with Crippen LogP contribution in [-0.2, 0) is 4.79 Å². The molecule has 3 nitrogen and oxygen atoms in total. The highest BCUT2D eigenvalue weighted by Gasteiger charge is 2.22. The number of carbonyl (C=O) groups is 1. The van der Waals surface area contributed by atoms with E-state index in [4.69, 9.17) is 4.74 Å². The van der Waals surface area contributed by atoms with Crippen LogP contribution < -0.4 is 10.1 Å². The Morgan fingerprint density at radius 1 is 1.33 bits per heavy atom. The summed E-state index contributed by atoms with van der Waals surface area (Å²) in [5.74, 6) is 1.13. The highest BCUT2D eigenvalue weighted by atomic mass is 16.5. The SMILES string of the molecule is C=CCOc1ccc(NC(=O)C2CCCC2)cc1. The Balaban J connectivity index is 1.89. The molecular formula is C15H19NO2. The monoisotopic (exact) mass is 245 g/mol. The molecule has 96 valence electrons. The molecule has 1 aliphatic carbocycles. The Kier molecular flexibility index (Phi) is 4.40. The summed E-state index contributed by atoms with van der Waals surface area (Å²) in [5.41, 5.74) is 0.831. The fraction of sp³-hybridized carbons (Fsp3) is 0.400. The summed E-state index contributed by atoms with van der Waals surface area (Å²) in [6.45, 7) is 4.09. The molecule has 2 rings (SSSR count). The highest BCUT2D eigenvalue weighted by molar-refractivity contribution is 5.92. The third-order valence-electron chi connectivity index (χ3n) is 3.22. The van der Waals surface area contributed by atoms with Gasteiger partial charge in [-0.15, -0.1) is 0 Å². The lowest BCUT2D eigenvalue weighted by Crippen LogP contribution is -2.20. The van der Waals surface area contributed by atoms with E-state index >= 15 is 0 Å². The molecule has 0 saturated heterocycles. The van der Waals surface area contributed by atoms with Crippen molar-refractivity contribution in [1.29, 1.82) is 0 Å². The van der Waals surface area contributed by atoms with Gasteiger partial charge in [-0.2, -0.15) is 0 Å². The van der Waals surface area contributed by atoms with Gasteiger partial charge in [-0.05, 0) is 37.1 Å². The lowest BCUT2D eigenvalue weighted by atomic mass is 10.1. The maximum atomic E-state index is 11.9. The third kappa shape index (κ3) is 3.36. The second kappa shape index (κ2) is 6.24. The molecule has 0 spiro atoms. The molecule has 3 heteroatoms. The van der Waals surface area contributed by atoms with E-state index < -0.39 is 0 Å². The molecule has 18 heavy (non-hydrogen) atoms. The van der Waals surface area contributed by atoms with Gasteiger partial charge in [0.15, 0.2) is 0 Å². The third-order valence-corrected chi connectivity index (χ3v) is 3.22. The molecule has 0 unspecified atom stereocenters. The van der Waals surface area contributed by atoms with Crippen LogP contribution in [0.15, 0.2) is 36.9 Å². The second-order valence-corrected chi connectivity index (χ2v) is 4.59. The van der Waals surface area contributed by atoms with Gasteiger partial charge in [0.05, 0.1) is 0 Å². The second-order valence-electron chi connectivity index (χ2n) is 4.59. The molecule has 0 bridgehead atoms. The van der Waals surface area contributed by atoms with Gasteiger partial charge in [0.2, 0.25) is 5.91 Å². The van der Waals surface area contributed by atoms with Crippen molar-refractivity contribution in [2.24, 2.45) is 5.92 Å². The Labute approximate surface area is 108 Å². The molecule has 0 atom stereocenters. The Morgan fingerprint density at radius 3 is 2.61 bits per heavy atom. The van der Waals surface area contributed by atoms with E-state index in [1.54, 1.807) is 6.08 Å². The molecule has 1 aromatic carbocycles. The Hall–Kier alpha value is -1.77. The van der Waals surface area contributed by atoms with Gasteiger partial charge < -0.3 is 10.1 Å². The summed E-state index contributed by atoms with van der Waals surface area (Å²) in [6.07, 6.45) is 6.09. The molecule has 0 aromatic heterocycles. The van der Waals surface area contributed by atoms with Crippen LogP contribution in [0.3, 0.4) is 0 Å². The minimum atomic E-state index is 0.146. The van der Waals surface area contributed by atoms with Gasteiger partial charge in [-0.3, -0.25) is 4.79 Å². The van der Waals surface area contributed by atoms with E-state index in [0.29, 0.717) is 6.61 Å². The Morgan fingerprint density at radius 2 is 2.00 bits per heavy atom. The summed E-state index contributed by atoms with van der Waals surface area (Å²) in [7, 11) is 0. The Bertz CT molecular complexity index is 405. The number of hydrogen-bond donors (Lipinski definition) is 1. The van der Waals surface area contributed by atoms with Crippen molar-refractivity contribution in [3.8, 4) is 5.75 Å². The normalized spacial score (nSPS) is 15.3. The smallest absolute Gasteiger partial charge is 0.227 e. The molecule has 0 radical (unpaired) electrons. The minimum absolute atomic E-state index is 0.146. The van der Waals surface area contributed by atoms with Crippen molar-refractivity contribution in [3.63, 3.8) is 0 Å². The van der Waals surface area contributed by atoms with Gasteiger partial charge in [-0.25, -0.2) is 0 Å². The molecule has 1 fully saturated rings. The predicted octanol–water partition coefficient (Wildman–Crippen LogP) is 3.38. The average Bonchev–Trinajstić information content (AvgIpc) is 2.92. The van der Waals surface area contributed by atoms with Crippen LogP contribution in [0.4, 0.5) is 5.69 Å². The molecule has 1 amide bonds. The van der Waals surface area contributed by atoms with Crippen LogP contribution in [0.1, 0.15) is 25.7 Å². The lowest BCUT2D eigenvalue weighted by molar-refractivity contribution is -0.119. The minimum Gasteiger partial charge on any atom is -0.490 e. The maximum absolute atomic E-state index is 11.9. The van der Waals surface area contributed by atoms with Crippen molar-refractivity contribution >= 4 is 11.6 Å². The van der Waals surface area contributed by atoms with E-state index in [-0.39, 0.29) is 11.8 Å². The largest absolute Gasteiger partial charge is 0.490 e. The van der Waals surface area contributed by atoms with Gasteiger partial charge in [-0.1, -0.05) is 25.5 Å². The zero-order chi connectivity index (χ0) is 12.8. The van der Waals surface area contributed by atoms with E-state index in [9.17, 15) is 4.79 Å². The topological polar surface area (TPSA) is 38.3 Å². The summed E-state index contributed by atoms with van der Waals surface area (Å²) >= 11 is 0. The molecular weight excluding hydrogens is 226 g/mol. The molecule has 1 saturated carbocycles. The van der Waals surface area contributed by atoms with Crippen molar-refractivity contribution in [2.75, 3.05) is 11.9 Å². The van der Waals surface area contributed by atoms with Crippen LogP contribution in [0.25, 0.3) is 0 Å². The number of hydrogen-bond acceptors (Lipinski definition) is 2. The number of nitrogens with one attached hydrogen (secondary N) is 1. The summed E-state index contributed by atoms with van der Waals surface area (Å²) in [4.78, 5) is 11.9. The number of ether oxygens (including phenoxy) is 1. The standard InChI is InChI=1S/C15H19NO2/c1-2-11-18-14-9-7-13(8-10-14)16-15(17)12-5-3-4-6-12/h2,7-10,12H,1,3-6,11H2,(H,16,17). The fourth-order valence-electron chi connectivity index (χ4n) is 2.22. The fourth-order valence-corrected chi connectivity index (χ4v) is 2.22. The van der Waals surface area contributed by atoms with Crippen LogP contribution in [0.2, 0.25) is 0 Å². The molecule has 1 N–H and O–H groups in total. The van der Waals surface area contributed by atoms with Crippen LogP contribution in [0.5, 0.6) is 5.75 Å². The number of carbonyl (C=O) groups excluding carboxylic acids is 1. The summed E-state index contributed by atoms with van der Waals surface area (Å²) in [6, 6.07) is 7.44. The number of amides is 1. The van der Waals surface area contributed by atoms with E-state index in [0.717, 1.165) is 24.3 Å². The predicted molar refractivity (Wildman–Crippen MR) is 72.7 cm³/mol. The van der Waals surface area contributed by atoms with Crippen LogP contribution in [-0.4, -0.2) is 12.5 Å². The van der Waals surface area contributed by atoms with E-state index in [2.05, 4.69) is 11.9 Å². The highest BCUT2D eigenvalue weighted by Crippen LogP contribution is 2.26. The number of benzene rings is 1. The first kappa shape index (κ1) is 12.7. The first-order valence-corrected chi connectivity index (χ1v) is 6.44. The molecule has 1 aromatic rings. The average molecular weight is 245 g/mol. The van der Waals surface area contributed by atoms with Crippen molar-refractivity contribution in [1.82, 2.24) is 0 Å². The number of anilines is 1. The van der Waals surface area contributed by atoms with Crippen molar-refractivity contribution < 1.29 is 9.53 Å². The van der Waals surface area contributed by atoms with Gasteiger partial charge in [0.25, 0.3) is 0 Å². The number of rotatable bonds is 5. The molecule has 1 aliphatic rings. The zero-order valence-electron chi connectivity index (χ0n) is 10.5. The first-order valence-electron chi connectivity index (χ1n) is 6.44. The quantitative estimate of drug-likeness (QED) is 0.808. The van der Waals surface area contributed by atoms with Crippen LogP contribution >= 0.6 is 0 Å². The summed E-state index contributed by atoms with van der Waals surface area (Å²) in [5, 5.41) is 2.95. The molecule has 0 heterocycles. The molecule has 0 aliphatic heterocycles. The van der Waals surface area contributed by atoms with E-state index in [1.165, 1.54) is 12.8 Å². The van der Waals surface area contributed by atoms with Gasteiger partial charge in [0.1, 0.15) is 12.4 Å². The summed E-state index contributed by atoms with van der Waals surface area (Å²) < 4.78 is 5.38. The zero-order valence-corrected chi connectivity index (χ0v) is 10.5. The van der Waals surface area contributed by atoms with Crippen molar-refractivity contribution in [2.45, 2.75) is 25.7 Å². The first-order chi connectivity index (χ1) is 8.79. The van der Waals surface area contributed by atoms with Gasteiger partial charge in [0, 0.05) is 11.6 Å². The maximum Gasteiger partial charge on any atom is 0.227 e. The lowest BCUT2D eigenvalue weighted by Gasteiger charge is -2.11.